The SMILES string of the molecule is Cc1cccc(C)c1-c1cc(Oc2cccc(Br)c2C(F)(F)F)nc(NSc2cnn(C)c2)n1. The van der Waals surface area contributed by atoms with Crippen LogP contribution < -0.4 is 9.46 Å². The number of aryl methyl sites for hydroxylation is 3. The minimum absolute atomic E-state index is 0.0226. The number of nitrogens with one attached hydrogen (secondary N) is 1. The van der Waals surface area contributed by atoms with Gasteiger partial charge in [-0.05, 0) is 49.1 Å². The molecule has 176 valence electrons. The Morgan fingerprint density at radius 1 is 1.06 bits per heavy atom. The van der Waals surface area contributed by atoms with Crippen molar-refractivity contribution >= 4 is 33.8 Å². The highest BCUT2D eigenvalue weighted by Crippen LogP contribution is 2.42. The first-order valence-corrected chi connectivity index (χ1v) is 11.6. The highest BCUT2D eigenvalue weighted by atomic mass is 79.9. The molecule has 1 N–H and O–H groups in total. The van der Waals surface area contributed by atoms with E-state index in [0.717, 1.165) is 21.6 Å². The van der Waals surface area contributed by atoms with Crippen molar-refractivity contribution in [3.8, 4) is 22.9 Å². The molecule has 0 radical (unpaired) electrons. The van der Waals surface area contributed by atoms with Gasteiger partial charge in [0.2, 0.25) is 11.8 Å². The molecule has 2 heterocycles. The summed E-state index contributed by atoms with van der Waals surface area (Å²) in [7, 11) is 1.80. The molecule has 0 aliphatic rings. The number of rotatable bonds is 6. The van der Waals surface area contributed by atoms with E-state index < -0.39 is 11.7 Å². The topological polar surface area (TPSA) is 64.9 Å². The maximum atomic E-state index is 13.7. The number of halogens is 4. The van der Waals surface area contributed by atoms with Gasteiger partial charge in [0.05, 0.1) is 16.8 Å². The van der Waals surface area contributed by atoms with Crippen molar-refractivity contribution < 1.29 is 17.9 Å². The van der Waals surface area contributed by atoms with Gasteiger partial charge in [0.1, 0.15) is 11.3 Å². The summed E-state index contributed by atoms with van der Waals surface area (Å²) in [6.45, 7) is 3.89. The maximum Gasteiger partial charge on any atom is 0.421 e. The van der Waals surface area contributed by atoms with Gasteiger partial charge in [-0.3, -0.25) is 9.40 Å². The molecule has 0 spiro atoms. The average Bonchev–Trinajstić information content (AvgIpc) is 3.16. The smallest absolute Gasteiger partial charge is 0.421 e. The van der Waals surface area contributed by atoms with Gasteiger partial charge in [0, 0.05) is 29.3 Å². The van der Waals surface area contributed by atoms with Crippen LogP contribution in [0.3, 0.4) is 0 Å². The van der Waals surface area contributed by atoms with Crippen LogP contribution in [0.4, 0.5) is 19.1 Å². The molecule has 2 aromatic carbocycles. The van der Waals surface area contributed by atoms with Gasteiger partial charge in [0.15, 0.2) is 0 Å². The fraction of sp³-hybridized carbons (Fsp3) is 0.174. The van der Waals surface area contributed by atoms with Crippen LogP contribution in [0.2, 0.25) is 0 Å². The largest absolute Gasteiger partial charge is 0.438 e. The summed E-state index contributed by atoms with van der Waals surface area (Å²) in [5.41, 5.74) is 2.40. The van der Waals surface area contributed by atoms with Gasteiger partial charge in [-0.15, -0.1) is 0 Å². The summed E-state index contributed by atoms with van der Waals surface area (Å²) >= 11 is 4.21. The first-order valence-electron chi connectivity index (χ1n) is 10.0. The Hall–Kier alpha value is -3.05. The standard InChI is InChI=1S/C23H19BrF3N5OS/c1-13-6-4-7-14(2)20(13)17-10-19(30-22(29-17)31-34-15-11-28-32(3)12-15)33-18-9-5-8-16(24)21(18)23(25,26)27/h4-12H,1-3H3,(H,29,30,31). The predicted octanol–water partition coefficient (Wildman–Crippen LogP) is 7.19. The third-order valence-electron chi connectivity index (χ3n) is 4.85. The molecule has 2 aromatic heterocycles. The fourth-order valence-electron chi connectivity index (χ4n) is 3.40. The number of aromatic nitrogens is 4. The molecule has 4 rings (SSSR count). The Morgan fingerprint density at radius 3 is 2.41 bits per heavy atom. The molecule has 0 bridgehead atoms. The third-order valence-corrected chi connectivity index (χ3v) is 6.25. The second kappa shape index (κ2) is 9.67. The van der Waals surface area contributed by atoms with E-state index in [1.807, 2.05) is 38.2 Å². The Balaban J connectivity index is 1.77. The third kappa shape index (κ3) is 5.36. The van der Waals surface area contributed by atoms with Gasteiger partial charge in [-0.25, -0.2) is 4.98 Å². The van der Waals surface area contributed by atoms with Crippen molar-refractivity contribution in [2.75, 3.05) is 4.72 Å². The second-order valence-electron chi connectivity index (χ2n) is 7.45. The van der Waals surface area contributed by atoms with Crippen LogP contribution in [0.15, 0.2) is 64.2 Å². The van der Waals surface area contributed by atoms with Crippen molar-refractivity contribution in [2.45, 2.75) is 24.9 Å². The summed E-state index contributed by atoms with van der Waals surface area (Å²) in [5.74, 6) is -0.197. The molecule has 0 fully saturated rings. The van der Waals surface area contributed by atoms with Gasteiger partial charge < -0.3 is 4.74 Å². The first kappa shape index (κ1) is 24.1. The predicted molar refractivity (Wildman–Crippen MR) is 129 cm³/mol. The molecule has 0 amide bonds. The van der Waals surface area contributed by atoms with Crippen LogP contribution in [0.1, 0.15) is 16.7 Å². The quantitative estimate of drug-likeness (QED) is 0.257. The van der Waals surface area contributed by atoms with Crippen LogP contribution in [-0.4, -0.2) is 19.7 Å². The molecule has 0 saturated heterocycles. The Kier molecular flexibility index (Phi) is 6.85. The maximum absolute atomic E-state index is 13.7. The van der Waals surface area contributed by atoms with Gasteiger partial charge in [0.25, 0.3) is 0 Å². The monoisotopic (exact) mass is 549 g/mol. The Bertz CT molecular complexity index is 1320. The van der Waals surface area contributed by atoms with Crippen LogP contribution in [-0.2, 0) is 13.2 Å². The summed E-state index contributed by atoms with van der Waals surface area (Å²) in [4.78, 5) is 9.73. The molecule has 0 aliphatic carbocycles. The number of hydrogen-bond acceptors (Lipinski definition) is 6. The molecule has 0 unspecified atom stereocenters. The Labute approximate surface area is 206 Å². The molecule has 34 heavy (non-hydrogen) atoms. The molecule has 0 aliphatic heterocycles. The molecular weight excluding hydrogens is 531 g/mol. The zero-order chi connectivity index (χ0) is 24.5. The van der Waals surface area contributed by atoms with E-state index in [4.69, 9.17) is 4.74 Å². The van der Waals surface area contributed by atoms with E-state index in [-0.39, 0.29) is 22.1 Å². The number of benzene rings is 2. The highest BCUT2D eigenvalue weighted by Gasteiger charge is 2.37. The van der Waals surface area contributed by atoms with Gasteiger partial charge in [-0.2, -0.15) is 23.3 Å². The fourth-order valence-corrected chi connectivity index (χ4v) is 4.58. The molecule has 0 atom stereocenters. The molecular formula is C23H19BrF3N5OS. The van der Waals surface area contributed by atoms with E-state index in [1.165, 1.54) is 36.2 Å². The zero-order valence-electron chi connectivity index (χ0n) is 18.3. The summed E-state index contributed by atoms with van der Waals surface area (Å²) in [5, 5.41) is 4.11. The minimum Gasteiger partial charge on any atom is -0.438 e. The van der Waals surface area contributed by atoms with Crippen molar-refractivity contribution in [2.24, 2.45) is 7.05 Å². The first-order chi connectivity index (χ1) is 16.1. The lowest BCUT2D eigenvalue weighted by Gasteiger charge is -2.16. The highest BCUT2D eigenvalue weighted by molar-refractivity contribution is 9.10. The van der Waals surface area contributed by atoms with E-state index in [2.05, 4.69) is 35.7 Å². The molecule has 11 heteroatoms. The van der Waals surface area contributed by atoms with Gasteiger partial charge in [-0.1, -0.05) is 40.2 Å². The van der Waals surface area contributed by atoms with Crippen molar-refractivity contribution in [1.82, 2.24) is 19.7 Å². The van der Waals surface area contributed by atoms with E-state index in [9.17, 15) is 13.2 Å². The lowest BCUT2D eigenvalue weighted by atomic mass is 10.00. The van der Waals surface area contributed by atoms with Crippen molar-refractivity contribution in [3.05, 3.63) is 76.0 Å². The molecule has 4 aromatic rings. The number of ether oxygens (including phenoxy) is 1. The summed E-state index contributed by atoms with van der Waals surface area (Å²) < 4.78 is 51.3. The van der Waals surface area contributed by atoms with Crippen molar-refractivity contribution in [3.63, 3.8) is 0 Å². The van der Waals surface area contributed by atoms with Crippen LogP contribution in [0.5, 0.6) is 11.6 Å². The number of nitrogens with zero attached hydrogens (tertiary/aromatic N) is 4. The van der Waals surface area contributed by atoms with Crippen LogP contribution in [0, 0.1) is 13.8 Å². The van der Waals surface area contributed by atoms with Crippen LogP contribution in [0.25, 0.3) is 11.3 Å². The average molecular weight is 550 g/mol. The number of anilines is 1. The second-order valence-corrected chi connectivity index (χ2v) is 9.18. The molecule has 6 nitrogen and oxygen atoms in total. The number of hydrogen-bond donors (Lipinski definition) is 1. The minimum atomic E-state index is -4.62. The summed E-state index contributed by atoms with van der Waals surface area (Å²) in [6.07, 6.45) is -1.14. The van der Waals surface area contributed by atoms with E-state index in [0.29, 0.717) is 5.69 Å². The summed E-state index contributed by atoms with van der Waals surface area (Å²) in [6, 6.07) is 11.4. The number of alkyl halides is 3. The van der Waals surface area contributed by atoms with Crippen LogP contribution >= 0.6 is 27.9 Å². The lowest BCUT2D eigenvalue weighted by Crippen LogP contribution is -2.09. The zero-order valence-corrected chi connectivity index (χ0v) is 20.7. The molecule has 0 saturated carbocycles. The van der Waals surface area contributed by atoms with E-state index in [1.54, 1.807) is 17.9 Å². The Morgan fingerprint density at radius 2 is 1.76 bits per heavy atom. The van der Waals surface area contributed by atoms with Crippen molar-refractivity contribution in [1.29, 1.82) is 0 Å². The van der Waals surface area contributed by atoms with E-state index >= 15 is 0 Å². The lowest BCUT2D eigenvalue weighted by molar-refractivity contribution is -0.139. The normalized spacial score (nSPS) is 11.5. The van der Waals surface area contributed by atoms with Gasteiger partial charge >= 0.3 is 6.18 Å².